The Morgan fingerprint density at radius 3 is 2.47 bits per heavy atom. The molecule has 0 spiro atoms. The highest BCUT2D eigenvalue weighted by atomic mass is 32.1. The fourth-order valence-corrected chi connectivity index (χ4v) is 6.67. The van der Waals surface area contributed by atoms with Gasteiger partial charge >= 0.3 is 5.97 Å². The van der Waals surface area contributed by atoms with Crippen LogP contribution >= 0.6 is 11.3 Å². The van der Waals surface area contributed by atoms with E-state index in [1.54, 1.807) is 11.3 Å². The maximum Gasteiger partial charge on any atom is 0.341 e. The number of esters is 1. The van der Waals surface area contributed by atoms with Crippen LogP contribution in [0.4, 0.5) is 5.00 Å². The van der Waals surface area contributed by atoms with Crippen LogP contribution in [0.1, 0.15) is 97.6 Å². The number of carbonyl (C=O) groups excluding carboxylic acids is 2. The van der Waals surface area contributed by atoms with E-state index in [4.69, 9.17) is 4.74 Å². The van der Waals surface area contributed by atoms with E-state index in [1.807, 2.05) is 37.3 Å². The van der Waals surface area contributed by atoms with Gasteiger partial charge < -0.3 is 10.1 Å². The summed E-state index contributed by atoms with van der Waals surface area (Å²) < 4.78 is 5.39. The van der Waals surface area contributed by atoms with Gasteiger partial charge in [0.2, 0.25) is 5.91 Å². The quantitative estimate of drug-likeness (QED) is 0.446. The number of nitrogens with one attached hydrogen (secondary N) is 2. The SMILES string of the molecule is CCOC(=O)c1c(NC(=O)[C@H](NC2CCCCCCC2)c2ccccc2)sc2c1CC[C@H](C)C2. The van der Waals surface area contributed by atoms with Gasteiger partial charge in [-0.15, -0.1) is 11.3 Å². The van der Waals surface area contributed by atoms with Crippen LogP contribution in [0.15, 0.2) is 30.3 Å². The summed E-state index contributed by atoms with van der Waals surface area (Å²) in [6.07, 6.45) is 11.3. The van der Waals surface area contributed by atoms with Crippen molar-refractivity contribution in [2.45, 2.75) is 90.1 Å². The fourth-order valence-electron chi connectivity index (χ4n) is 5.27. The maximum absolute atomic E-state index is 13.7. The monoisotopic (exact) mass is 482 g/mol. The Kier molecular flexibility index (Phi) is 8.79. The van der Waals surface area contributed by atoms with Gasteiger partial charge in [0.05, 0.1) is 12.2 Å². The lowest BCUT2D eigenvalue weighted by Crippen LogP contribution is -2.40. The van der Waals surface area contributed by atoms with E-state index in [-0.39, 0.29) is 11.9 Å². The van der Waals surface area contributed by atoms with Crippen LogP contribution in [0.2, 0.25) is 0 Å². The van der Waals surface area contributed by atoms with Gasteiger partial charge in [-0.25, -0.2) is 4.79 Å². The van der Waals surface area contributed by atoms with E-state index in [0.29, 0.717) is 29.1 Å². The highest BCUT2D eigenvalue weighted by Gasteiger charge is 2.31. The molecule has 2 atom stereocenters. The summed E-state index contributed by atoms with van der Waals surface area (Å²) in [5.74, 6) is 0.155. The zero-order valence-electron chi connectivity index (χ0n) is 20.5. The molecular formula is C28H38N2O3S. The summed E-state index contributed by atoms with van der Waals surface area (Å²) in [5, 5.41) is 7.47. The van der Waals surface area contributed by atoms with Crippen molar-refractivity contribution in [1.82, 2.24) is 5.32 Å². The van der Waals surface area contributed by atoms with Crippen molar-refractivity contribution < 1.29 is 14.3 Å². The molecule has 0 unspecified atom stereocenters. The number of anilines is 1. The molecule has 0 saturated heterocycles. The van der Waals surface area contributed by atoms with Crippen LogP contribution in [0, 0.1) is 5.92 Å². The minimum atomic E-state index is -0.460. The Morgan fingerprint density at radius 2 is 1.76 bits per heavy atom. The number of thiophene rings is 1. The normalized spacial score (nSPS) is 20.0. The first-order valence-electron chi connectivity index (χ1n) is 13.0. The average molecular weight is 483 g/mol. The molecule has 1 aromatic carbocycles. The number of hydrogen-bond acceptors (Lipinski definition) is 5. The molecule has 1 amide bonds. The second-order valence-corrected chi connectivity index (χ2v) is 10.9. The summed E-state index contributed by atoms with van der Waals surface area (Å²) in [6.45, 7) is 4.39. The first-order valence-corrected chi connectivity index (χ1v) is 13.8. The lowest BCUT2D eigenvalue weighted by molar-refractivity contribution is -0.118. The number of amides is 1. The number of hydrogen-bond donors (Lipinski definition) is 2. The van der Waals surface area contributed by atoms with Gasteiger partial charge in [-0.05, 0) is 56.1 Å². The Hall–Kier alpha value is -2.18. The van der Waals surface area contributed by atoms with E-state index in [1.165, 1.54) is 37.0 Å². The fraction of sp³-hybridized carbons (Fsp3) is 0.571. The van der Waals surface area contributed by atoms with Gasteiger partial charge in [0, 0.05) is 10.9 Å². The molecule has 2 aliphatic rings. The molecule has 1 aromatic heterocycles. The molecule has 2 aromatic rings. The lowest BCUT2D eigenvalue weighted by atomic mass is 9.88. The van der Waals surface area contributed by atoms with Gasteiger partial charge in [-0.1, -0.05) is 69.4 Å². The third-order valence-electron chi connectivity index (χ3n) is 7.13. The van der Waals surface area contributed by atoms with Gasteiger partial charge in [0.25, 0.3) is 0 Å². The molecular weight excluding hydrogens is 444 g/mol. The minimum Gasteiger partial charge on any atom is -0.462 e. The molecule has 2 N–H and O–H groups in total. The van der Waals surface area contributed by atoms with Crippen LogP contribution in [0.3, 0.4) is 0 Å². The van der Waals surface area contributed by atoms with Crippen LogP contribution in [0.25, 0.3) is 0 Å². The summed E-state index contributed by atoms with van der Waals surface area (Å²) in [5.41, 5.74) is 2.59. The summed E-state index contributed by atoms with van der Waals surface area (Å²) in [7, 11) is 0. The van der Waals surface area contributed by atoms with Crippen molar-refractivity contribution in [2.75, 3.05) is 11.9 Å². The standard InChI is InChI=1S/C28H38N2O3S/c1-3-33-28(32)24-22-17-16-19(2)18-23(22)34-27(24)30-26(31)25(20-12-8-7-9-13-20)29-21-14-10-5-4-6-11-15-21/h7-9,12-13,19,21,25,29H,3-6,10-11,14-18H2,1-2H3,(H,30,31)/t19-,25+/m0/s1. The molecule has 6 heteroatoms. The molecule has 1 heterocycles. The largest absolute Gasteiger partial charge is 0.462 e. The van der Waals surface area contributed by atoms with Crippen molar-refractivity contribution in [1.29, 1.82) is 0 Å². The Balaban J connectivity index is 1.60. The second kappa shape index (κ2) is 12.0. The molecule has 4 rings (SSSR count). The second-order valence-electron chi connectivity index (χ2n) is 9.82. The van der Waals surface area contributed by atoms with Crippen LogP contribution in [0.5, 0.6) is 0 Å². The molecule has 2 aliphatic carbocycles. The first kappa shape index (κ1) is 24.9. The van der Waals surface area contributed by atoms with Crippen LogP contribution in [-0.4, -0.2) is 24.5 Å². The third-order valence-corrected chi connectivity index (χ3v) is 8.30. The van der Waals surface area contributed by atoms with E-state index in [9.17, 15) is 9.59 Å². The van der Waals surface area contributed by atoms with Gasteiger partial charge in [-0.2, -0.15) is 0 Å². The van der Waals surface area contributed by atoms with Crippen molar-refractivity contribution in [3.05, 3.63) is 51.9 Å². The highest BCUT2D eigenvalue weighted by Crippen LogP contribution is 2.40. The number of fused-ring (bicyclic) bond motifs is 1. The Morgan fingerprint density at radius 1 is 1.06 bits per heavy atom. The zero-order chi connectivity index (χ0) is 23.9. The molecule has 0 radical (unpaired) electrons. The highest BCUT2D eigenvalue weighted by molar-refractivity contribution is 7.17. The number of rotatable bonds is 7. The summed E-state index contributed by atoms with van der Waals surface area (Å²) in [4.78, 5) is 27.8. The summed E-state index contributed by atoms with van der Waals surface area (Å²) >= 11 is 1.55. The third kappa shape index (κ3) is 6.08. The van der Waals surface area contributed by atoms with Crippen LogP contribution in [-0.2, 0) is 22.4 Å². The smallest absolute Gasteiger partial charge is 0.341 e. The van der Waals surface area contributed by atoms with Gasteiger partial charge in [0.1, 0.15) is 11.0 Å². The average Bonchev–Trinajstić information content (AvgIpc) is 3.15. The molecule has 34 heavy (non-hydrogen) atoms. The lowest BCUT2D eigenvalue weighted by Gasteiger charge is -2.27. The van der Waals surface area contributed by atoms with Crippen molar-refractivity contribution in [3.63, 3.8) is 0 Å². The number of ether oxygens (including phenoxy) is 1. The van der Waals surface area contributed by atoms with Crippen molar-refractivity contribution in [2.24, 2.45) is 5.92 Å². The van der Waals surface area contributed by atoms with E-state index >= 15 is 0 Å². The van der Waals surface area contributed by atoms with E-state index < -0.39 is 6.04 Å². The van der Waals surface area contributed by atoms with Gasteiger partial charge in [0.15, 0.2) is 0 Å². The molecule has 184 valence electrons. The Bertz CT molecular complexity index is 964. The predicted octanol–water partition coefficient (Wildman–Crippen LogP) is 6.43. The van der Waals surface area contributed by atoms with Crippen molar-refractivity contribution in [3.8, 4) is 0 Å². The predicted molar refractivity (Wildman–Crippen MR) is 139 cm³/mol. The van der Waals surface area contributed by atoms with Gasteiger partial charge in [-0.3, -0.25) is 10.1 Å². The zero-order valence-corrected chi connectivity index (χ0v) is 21.3. The molecule has 0 aliphatic heterocycles. The van der Waals surface area contributed by atoms with Crippen molar-refractivity contribution >= 4 is 28.2 Å². The molecule has 1 fully saturated rings. The minimum absolute atomic E-state index is 0.106. The molecule has 5 nitrogen and oxygen atoms in total. The molecule has 0 bridgehead atoms. The summed E-state index contributed by atoms with van der Waals surface area (Å²) in [6, 6.07) is 9.80. The number of benzene rings is 1. The number of carbonyl (C=O) groups is 2. The maximum atomic E-state index is 13.7. The topological polar surface area (TPSA) is 67.4 Å². The van der Waals surface area contributed by atoms with E-state index in [2.05, 4.69) is 17.6 Å². The molecule has 1 saturated carbocycles. The first-order chi connectivity index (χ1) is 16.6. The Labute approximate surface area is 207 Å². The van der Waals surface area contributed by atoms with E-state index in [0.717, 1.165) is 43.2 Å². The van der Waals surface area contributed by atoms with Crippen LogP contribution < -0.4 is 10.6 Å².